The predicted octanol–water partition coefficient (Wildman–Crippen LogP) is 3.25. The van der Waals surface area contributed by atoms with Crippen LogP contribution in [0.3, 0.4) is 0 Å². The molecule has 0 saturated carbocycles. The van der Waals surface area contributed by atoms with Gasteiger partial charge in [-0.15, -0.1) is 0 Å². The zero-order valence-corrected chi connectivity index (χ0v) is 12.7. The van der Waals surface area contributed by atoms with Gasteiger partial charge in [0.25, 0.3) is 0 Å². The molecule has 1 heterocycles. The van der Waals surface area contributed by atoms with E-state index in [1.807, 2.05) is 18.3 Å². The van der Waals surface area contributed by atoms with E-state index >= 15 is 0 Å². The largest absolute Gasteiger partial charge is 0.496 e. The molecule has 0 spiro atoms. The molecule has 1 aromatic carbocycles. The molecule has 0 aliphatic heterocycles. The molecule has 1 atom stereocenters. The zero-order valence-electron chi connectivity index (χ0n) is 11.9. The van der Waals surface area contributed by atoms with E-state index in [0.717, 1.165) is 29.6 Å². The standard InChI is InChI=1S/C15H21N3OS/c1-3-8-16-13(11-20-15-17-9-10-18-15)12-6-4-5-7-14(12)19-2/h4-7,9-10,13,16H,3,8,11H2,1-2H3,(H,17,18). The Kier molecular flexibility index (Phi) is 5.95. The van der Waals surface area contributed by atoms with Gasteiger partial charge in [-0.1, -0.05) is 36.9 Å². The lowest BCUT2D eigenvalue weighted by molar-refractivity contribution is 0.402. The highest BCUT2D eigenvalue weighted by Crippen LogP contribution is 2.28. The molecule has 0 aliphatic carbocycles. The number of hydrogen-bond acceptors (Lipinski definition) is 4. The number of hydrogen-bond donors (Lipinski definition) is 2. The van der Waals surface area contributed by atoms with Crippen LogP contribution in [0, 0.1) is 0 Å². The Morgan fingerprint density at radius 3 is 2.95 bits per heavy atom. The fourth-order valence-electron chi connectivity index (χ4n) is 2.02. The monoisotopic (exact) mass is 291 g/mol. The molecule has 0 amide bonds. The molecule has 1 aromatic heterocycles. The molecule has 2 N–H and O–H groups in total. The first-order chi connectivity index (χ1) is 9.85. The smallest absolute Gasteiger partial charge is 0.165 e. The summed E-state index contributed by atoms with van der Waals surface area (Å²) in [6.45, 7) is 3.16. The summed E-state index contributed by atoms with van der Waals surface area (Å²) in [6, 6.07) is 8.43. The van der Waals surface area contributed by atoms with Crippen LogP contribution in [0.2, 0.25) is 0 Å². The average molecular weight is 291 g/mol. The van der Waals surface area contributed by atoms with Gasteiger partial charge in [-0.05, 0) is 19.0 Å². The number of ether oxygens (including phenoxy) is 1. The van der Waals surface area contributed by atoms with E-state index in [-0.39, 0.29) is 6.04 Å². The molecule has 0 fully saturated rings. The van der Waals surface area contributed by atoms with E-state index in [9.17, 15) is 0 Å². The molecule has 108 valence electrons. The Morgan fingerprint density at radius 1 is 1.40 bits per heavy atom. The van der Waals surface area contributed by atoms with Gasteiger partial charge in [-0.25, -0.2) is 4.98 Å². The average Bonchev–Trinajstić information content (AvgIpc) is 3.01. The van der Waals surface area contributed by atoms with E-state index in [2.05, 4.69) is 34.3 Å². The van der Waals surface area contributed by atoms with Gasteiger partial charge in [-0.2, -0.15) is 0 Å². The number of methoxy groups -OCH3 is 1. The van der Waals surface area contributed by atoms with Crippen molar-refractivity contribution in [1.29, 1.82) is 0 Å². The topological polar surface area (TPSA) is 49.9 Å². The number of nitrogens with zero attached hydrogens (tertiary/aromatic N) is 1. The highest BCUT2D eigenvalue weighted by molar-refractivity contribution is 7.99. The van der Waals surface area contributed by atoms with Crippen molar-refractivity contribution in [3.63, 3.8) is 0 Å². The molecule has 0 bridgehead atoms. The second kappa shape index (κ2) is 7.97. The number of aromatic nitrogens is 2. The van der Waals surface area contributed by atoms with Crippen molar-refractivity contribution in [2.45, 2.75) is 24.5 Å². The van der Waals surface area contributed by atoms with Crippen LogP contribution in [0.15, 0.2) is 41.8 Å². The summed E-state index contributed by atoms with van der Waals surface area (Å²) in [5, 5.41) is 4.53. The third-order valence-corrected chi connectivity index (χ3v) is 4.01. The summed E-state index contributed by atoms with van der Waals surface area (Å²) in [5.74, 6) is 1.84. The summed E-state index contributed by atoms with van der Waals surface area (Å²) >= 11 is 1.71. The minimum absolute atomic E-state index is 0.251. The Hall–Kier alpha value is -1.46. The number of para-hydroxylation sites is 1. The van der Waals surface area contributed by atoms with Crippen LogP contribution in [-0.4, -0.2) is 29.4 Å². The minimum atomic E-state index is 0.251. The van der Waals surface area contributed by atoms with Gasteiger partial charge >= 0.3 is 0 Å². The third-order valence-electron chi connectivity index (χ3n) is 3.01. The fourth-order valence-corrected chi connectivity index (χ4v) is 2.93. The van der Waals surface area contributed by atoms with Crippen molar-refractivity contribution in [3.05, 3.63) is 42.2 Å². The lowest BCUT2D eigenvalue weighted by Crippen LogP contribution is -2.24. The molecule has 4 nitrogen and oxygen atoms in total. The van der Waals surface area contributed by atoms with E-state index in [1.165, 1.54) is 5.56 Å². The summed E-state index contributed by atoms with van der Waals surface area (Å²) in [4.78, 5) is 7.37. The Balaban J connectivity index is 2.09. The van der Waals surface area contributed by atoms with E-state index in [0.29, 0.717) is 0 Å². The van der Waals surface area contributed by atoms with E-state index in [1.54, 1.807) is 25.1 Å². The van der Waals surface area contributed by atoms with Crippen molar-refractivity contribution in [2.24, 2.45) is 0 Å². The molecule has 2 rings (SSSR count). The number of aromatic amines is 1. The maximum atomic E-state index is 5.47. The van der Waals surface area contributed by atoms with Gasteiger partial charge < -0.3 is 15.0 Å². The molecule has 0 saturated heterocycles. The number of thioether (sulfide) groups is 1. The number of rotatable bonds is 8. The molecular formula is C15H21N3OS. The maximum Gasteiger partial charge on any atom is 0.165 e. The highest BCUT2D eigenvalue weighted by Gasteiger charge is 2.15. The second-order valence-electron chi connectivity index (χ2n) is 4.45. The summed E-state index contributed by atoms with van der Waals surface area (Å²) in [7, 11) is 1.72. The Labute approximate surface area is 124 Å². The van der Waals surface area contributed by atoms with Gasteiger partial charge in [0, 0.05) is 29.8 Å². The van der Waals surface area contributed by atoms with Crippen LogP contribution in [0.25, 0.3) is 0 Å². The van der Waals surface area contributed by atoms with E-state index in [4.69, 9.17) is 4.74 Å². The summed E-state index contributed by atoms with van der Waals surface area (Å²) < 4.78 is 5.47. The first kappa shape index (κ1) is 14.9. The maximum absolute atomic E-state index is 5.47. The van der Waals surface area contributed by atoms with Crippen molar-refractivity contribution < 1.29 is 4.74 Å². The molecule has 1 unspecified atom stereocenters. The van der Waals surface area contributed by atoms with Gasteiger partial charge in [0.2, 0.25) is 0 Å². The molecular weight excluding hydrogens is 270 g/mol. The SMILES string of the molecule is CCCNC(CSc1ncc[nH]1)c1ccccc1OC. The Morgan fingerprint density at radius 2 is 2.25 bits per heavy atom. The van der Waals surface area contributed by atoms with Crippen LogP contribution in [0.1, 0.15) is 24.9 Å². The first-order valence-electron chi connectivity index (χ1n) is 6.83. The number of nitrogens with one attached hydrogen (secondary N) is 2. The van der Waals surface area contributed by atoms with Gasteiger partial charge in [0.05, 0.1) is 7.11 Å². The second-order valence-corrected chi connectivity index (χ2v) is 5.46. The van der Waals surface area contributed by atoms with Crippen LogP contribution in [0.5, 0.6) is 5.75 Å². The van der Waals surface area contributed by atoms with Gasteiger partial charge in [-0.3, -0.25) is 0 Å². The van der Waals surface area contributed by atoms with Crippen LogP contribution in [-0.2, 0) is 0 Å². The molecule has 2 aromatic rings. The number of imidazole rings is 1. The van der Waals surface area contributed by atoms with Gasteiger partial charge in [0.15, 0.2) is 5.16 Å². The highest BCUT2D eigenvalue weighted by atomic mass is 32.2. The quantitative estimate of drug-likeness (QED) is 0.733. The summed E-state index contributed by atoms with van der Waals surface area (Å²) in [5.41, 5.74) is 1.20. The fraction of sp³-hybridized carbons (Fsp3) is 0.400. The Bertz CT molecular complexity index is 502. The van der Waals surface area contributed by atoms with Crippen LogP contribution >= 0.6 is 11.8 Å². The lowest BCUT2D eigenvalue weighted by atomic mass is 10.1. The summed E-state index contributed by atoms with van der Waals surface area (Å²) in [6.07, 6.45) is 4.73. The van der Waals surface area contributed by atoms with Gasteiger partial charge in [0.1, 0.15) is 5.75 Å². The van der Waals surface area contributed by atoms with E-state index < -0.39 is 0 Å². The molecule has 5 heteroatoms. The number of H-pyrrole nitrogens is 1. The van der Waals surface area contributed by atoms with Crippen molar-refractivity contribution in [1.82, 2.24) is 15.3 Å². The minimum Gasteiger partial charge on any atom is -0.496 e. The first-order valence-corrected chi connectivity index (χ1v) is 7.82. The van der Waals surface area contributed by atoms with Crippen LogP contribution < -0.4 is 10.1 Å². The third kappa shape index (κ3) is 4.02. The van der Waals surface area contributed by atoms with Crippen LogP contribution in [0.4, 0.5) is 0 Å². The van der Waals surface area contributed by atoms with Crippen molar-refractivity contribution >= 4 is 11.8 Å². The lowest BCUT2D eigenvalue weighted by Gasteiger charge is -2.20. The van der Waals surface area contributed by atoms with Crippen molar-refractivity contribution in [3.8, 4) is 5.75 Å². The molecule has 0 radical (unpaired) electrons. The molecule has 0 aliphatic rings. The molecule has 20 heavy (non-hydrogen) atoms. The number of benzene rings is 1. The predicted molar refractivity (Wildman–Crippen MR) is 83.3 cm³/mol. The van der Waals surface area contributed by atoms with Crippen molar-refractivity contribution in [2.75, 3.05) is 19.4 Å². The normalized spacial score (nSPS) is 12.3. The zero-order chi connectivity index (χ0) is 14.2.